The first-order chi connectivity index (χ1) is 12.6. The highest BCUT2D eigenvalue weighted by Gasteiger charge is 2.32. The van der Waals surface area contributed by atoms with Gasteiger partial charge in [-0.1, -0.05) is 0 Å². The van der Waals surface area contributed by atoms with E-state index in [1.807, 2.05) is 6.07 Å². The molecule has 0 aliphatic carbocycles. The zero-order valence-corrected chi connectivity index (χ0v) is 15.7. The number of carbonyl (C=O) groups excluding carboxylic acids is 2. The molecule has 0 saturated heterocycles. The third kappa shape index (κ3) is 5.61. The van der Waals surface area contributed by atoms with Crippen molar-refractivity contribution in [2.45, 2.75) is 45.8 Å². The Labute approximate surface area is 157 Å². The standard InChI is InChI=1S/C17H26N4O6/c1-17(2,3)27-15(25)18-6-4-5-12-7-11-8-20(9-13(23)24)16(26)21(10-22)14(11)19-12/h7,19,22H,4-6,8-10H2,1-3H3,(H,18,25)(H,23,24). The number of H-pyrrole nitrogens is 1. The number of urea groups is 1. The number of carboxylic acid groups (broad SMARTS) is 1. The minimum Gasteiger partial charge on any atom is -0.480 e. The van der Waals surface area contributed by atoms with Gasteiger partial charge in [0.2, 0.25) is 0 Å². The molecule has 2 heterocycles. The van der Waals surface area contributed by atoms with Crippen LogP contribution in [0.25, 0.3) is 0 Å². The van der Waals surface area contributed by atoms with Crippen LogP contribution in [0.1, 0.15) is 38.4 Å². The van der Waals surface area contributed by atoms with Gasteiger partial charge in [-0.2, -0.15) is 0 Å². The number of hydrogen-bond acceptors (Lipinski definition) is 5. The van der Waals surface area contributed by atoms with Crippen LogP contribution in [0.5, 0.6) is 0 Å². The predicted octanol–water partition coefficient (Wildman–Crippen LogP) is 1.25. The summed E-state index contributed by atoms with van der Waals surface area (Å²) < 4.78 is 5.16. The molecule has 0 saturated carbocycles. The van der Waals surface area contributed by atoms with Crippen LogP contribution in [-0.2, 0) is 22.5 Å². The number of nitrogens with one attached hydrogen (secondary N) is 2. The number of aliphatic hydroxyl groups is 1. The third-order valence-electron chi connectivity index (χ3n) is 3.82. The molecular formula is C17H26N4O6. The molecule has 10 heteroatoms. The Hall–Kier alpha value is -2.75. The van der Waals surface area contributed by atoms with Crippen molar-refractivity contribution in [3.63, 3.8) is 0 Å². The van der Waals surface area contributed by atoms with Crippen LogP contribution in [0.3, 0.4) is 0 Å². The number of carbonyl (C=O) groups is 3. The molecule has 10 nitrogen and oxygen atoms in total. The van der Waals surface area contributed by atoms with E-state index in [-0.39, 0.29) is 6.54 Å². The zero-order valence-electron chi connectivity index (χ0n) is 15.7. The van der Waals surface area contributed by atoms with E-state index < -0.39 is 37.0 Å². The van der Waals surface area contributed by atoms with Gasteiger partial charge in [0.25, 0.3) is 0 Å². The number of anilines is 1. The summed E-state index contributed by atoms with van der Waals surface area (Å²) in [6, 6.07) is 1.28. The quantitative estimate of drug-likeness (QED) is 0.524. The Bertz CT molecular complexity index is 709. The van der Waals surface area contributed by atoms with Gasteiger partial charge in [0.15, 0.2) is 0 Å². The second-order valence-electron chi connectivity index (χ2n) is 7.30. The molecule has 3 amide bonds. The van der Waals surface area contributed by atoms with Crippen LogP contribution >= 0.6 is 0 Å². The Balaban J connectivity index is 1.93. The summed E-state index contributed by atoms with van der Waals surface area (Å²) in [7, 11) is 0. The van der Waals surface area contributed by atoms with Gasteiger partial charge >= 0.3 is 18.1 Å². The minimum atomic E-state index is -1.12. The molecule has 1 aliphatic heterocycles. The van der Waals surface area contributed by atoms with Crippen LogP contribution in [-0.4, -0.2) is 63.6 Å². The monoisotopic (exact) mass is 382 g/mol. The van der Waals surface area contributed by atoms with Crippen LogP contribution in [0.15, 0.2) is 6.07 Å². The predicted molar refractivity (Wildman–Crippen MR) is 96.4 cm³/mol. The van der Waals surface area contributed by atoms with Crippen molar-refractivity contribution in [1.82, 2.24) is 15.2 Å². The third-order valence-corrected chi connectivity index (χ3v) is 3.82. The number of amides is 3. The molecule has 0 fully saturated rings. The fraction of sp³-hybridized carbons (Fsp3) is 0.588. The molecule has 0 aromatic carbocycles. The lowest BCUT2D eigenvalue weighted by Crippen LogP contribution is -2.49. The van der Waals surface area contributed by atoms with Crippen molar-refractivity contribution in [1.29, 1.82) is 0 Å². The highest BCUT2D eigenvalue weighted by atomic mass is 16.6. The molecular weight excluding hydrogens is 356 g/mol. The van der Waals surface area contributed by atoms with Crippen molar-refractivity contribution in [2.75, 3.05) is 24.7 Å². The highest BCUT2D eigenvalue weighted by Crippen LogP contribution is 2.28. The number of ether oxygens (including phenoxy) is 1. The maximum absolute atomic E-state index is 12.3. The minimum absolute atomic E-state index is 0.156. The van der Waals surface area contributed by atoms with E-state index >= 15 is 0 Å². The lowest BCUT2D eigenvalue weighted by atomic mass is 10.2. The normalized spacial score (nSPS) is 14.1. The van der Waals surface area contributed by atoms with E-state index in [9.17, 15) is 19.5 Å². The Morgan fingerprint density at radius 3 is 2.67 bits per heavy atom. The molecule has 1 aromatic heterocycles. The van der Waals surface area contributed by atoms with Crippen LogP contribution < -0.4 is 10.2 Å². The van der Waals surface area contributed by atoms with Crippen molar-refractivity contribution in [2.24, 2.45) is 0 Å². The fourth-order valence-electron chi connectivity index (χ4n) is 2.78. The van der Waals surface area contributed by atoms with Crippen molar-refractivity contribution in [3.8, 4) is 0 Å². The molecule has 150 valence electrons. The first-order valence-electron chi connectivity index (χ1n) is 8.67. The van der Waals surface area contributed by atoms with E-state index in [0.29, 0.717) is 25.2 Å². The summed E-state index contributed by atoms with van der Waals surface area (Å²) in [6.07, 6.45) is 0.773. The Morgan fingerprint density at radius 1 is 1.37 bits per heavy atom. The number of alkyl carbamates (subject to hydrolysis) is 1. The molecule has 1 aromatic rings. The summed E-state index contributed by atoms with van der Waals surface area (Å²) >= 11 is 0. The van der Waals surface area contributed by atoms with Gasteiger partial charge in [-0.3, -0.25) is 9.69 Å². The van der Waals surface area contributed by atoms with Crippen molar-refractivity contribution >= 4 is 23.9 Å². The van der Waals surface area contributed by atoms with Gasteiger partial charge in [-0.05, 0) is 39.7 Å². The summed E-state index contributed by atoms with van der Waals surface area (Å²) in [6.45, 7) is 4.96. The summed E-state index contributed by atoms with van der Waals surface area (Å²) in [5.41, 5.74) is 1.01. The largest absolute Gasteiger partial charge is 0.480 e. The lowest BCUT2D eigenvalue weighted by molar-refractivity contribution is -0.137. The average molecular weight is 382 g/mol. The van der Waals surface area contributed by atoms with Gasteiger partial charge in [-0.15, -0.1) is 0 Å². The number of aliphatic hydroxyl groups excluding tert-OH is 1. The SMILES string of the molecule is CC(C)(C)OC(=O)NCCCc1cc2c([nH]1)N(CO)C(=O)N(CC(=O)O)C2. The molecule has 4 N–H and O–H groups in total. The van der Waals surface area contributed by atoms with E-state index in [2.05, 4.69) is 10.3 Å². The number of fused-ring (bicyclic) bond motifs is 1. The number of aliphatic carboxylic acids is 1. The molecule has 27 heavy (non-hydrogen) atoms. The number of hydrogen-bond donors (Lipinski definition) is 4. The zero-order chi connectivity index (χ0) is 20.2. The van der Waals surface area contributed by atoms with Crippen LogP contribution in [0.2, 0.25) is 0 Å². The van der Waals surface area contributed by atoms with E-state index in [0.717, 1.165) is 21.1 Å². The molecule has 0 radical (unpaired) electrons. The molecule has 0 atom stereocenters. The van der Waals surface area contributed by atoms with Crippen LogP contribution in [0, 0.1) is 0 Å². The van der Waals surface area contributed by atoms with Crippen LogP contribution in [0.4, 0.5) is 15.4 Å². The average Bonchev–Trinajstić information content (AvgIpc) is 2.92. The molecule has 0 bridgehead atoms. The highest BCUT2D eigenvalue weighted by molar-refractivity contribution is 5.95. The Kier molecular flexibility index (Phi) is 6.32. The summed E-state index contributed by atoms with van der Waals surface area (Å²) in [4.78, 5) is 40.1. The van der Waals surface area contributed by atoms with Gasteiger partial charge in [0.1, 0.15) is 24.7 Å². The van der Waals surface area contributed by atoms with E-state index in [1.165, 1.54) is 0 Å². The molecule has 0 unspecified atom stereocenters. The van der Waals surface area contributed by atoms with Gasteiger partial charge in [0.05, 0.1) is 6.54 Å². The van der Waals surface area contributed by atoms with Gasteiger partial charge in [0, 0.05) is 17.8 Å². The fourth-order valence-corrected chi connectivity index (χ4v) is 2.78. The number of aromatic amines is 1. The Morgan fingerprint density at radius 2 is 2.07 bits per heavy atom. The first kappa shape index (κ1) is 20.6. The van der Waals surface area contributed by atoms with Crippen molar-refractivity contribution < 1.29 is 29.3 Å². The second kappa shape index (κ2) is 8.30. The summed E-state index contributed by atoms with van der Waals surface area (Å²) in [5.74, 6) is -0.645. The first-order valence-corrected chi connectivity index (χ1v) is 8.67. The lowest BCUT2D eigenvalue weighted by Gasteiger charge is -2.33. The summed E-state index contributed by atoms with van der Waals surface area (Å²) in [5, 5.41) is 21.1. The maximum atomic E-state index is 12.3. The number of rotatable bonds is 7. The molecule has 1 aliphatic rings. The number of carboxylic acids is 1. The number of nitrogens with zero attached hydrogens (tertiary/aromatic N) is 2. The van der Waals surface area contributed by atoms with E-state index in [1.54, 1.807) is 20.8 Å². The number of aryl methyl sites for hydroxylation is 1. The molecule has 2 rings (SSSR count). The topological polar surface area (TPSA) is 135 Å². The van der Waals surface area contributed by atoms with Gasteiger partial charge < -0.3 is 30.2 Å². The smallest absolute Gasteiger partial charge is 0.407 e. The maximum Gasteiger partial charge on any atom is 0.407 e. The second-order valence-corrected chi connectivity index (χ2v) is 7.30. The molecule has 0 spiro atoms. The van der Waals surface area contributed by atoms with Gasteiger partial charge in [-0.25, -0.2) is 9.59 Å². The van der Waals surface area contributed by atoms with Crippen molar-refractivity contribution in [3.05, 3.63) is 17.3 Å². The number of aromatic nitrogens is 1. The van der Waals surface area contributed by atoms with E-state index in [4.69, 9.17) is 9.84 Å².